The van der Waals surface area contributed by atoms with E-state index >= 15 is 0 Å². The van der Waals surface area contributed by atoms with E-state index in [4.69, 9.17) is 9.47 Å². The van der Waals surface area contributed by atoms with Crippen molar-refractivity contribution >= 4 is 12.0 Å². The number of hydrogen-bond acceptors (Lipinski definition) is 5. The Morgan fingerprint density at radius 3 is 2.39 bits per heavy atom. The molecular weight excluding hydrogens is 396 g/mol. The third-order valence-electron chi connectivity index (χ3n) is 5.79. The van der Waals surface area contributed by atoms with Crippen molar-refractivity contribution in [2.24, 2.45) is 5.92 Å². The smallest absolute Gasteiger partial charge is 0.341 e. The predicted octanol–water partition coefficient (Wildman–Crippen LogP) is 3.74. The van der Waals surface area contributed by atoms with Crippen LogP contribution in [-0.4, -0.2) is 49.3 Å². The highest BCUT2D eigenvalue weighted by atomic mass is 16.5. The third-order valence-corrected chi connectivity index (χ3v) is 5.79. The van der Waals surface area contributed by atoms with E-state index in [-0.39, 0.29) is 6.03 Å². The molecule has 0 bridgehead atoms. The molecule has 2 amide bonds. The van der Waals surface area contributed by atoms with Crippen LogP contribution in [-0.2, 0) is 17.7 Å². The molecule has 0 atom stereocenters. The van der Waals surface area contributed by atoms with Gasteiger partial charge in [0, 0.05) is 19.6 Å². The van der Waals surface area contributed by atoms with E-state index in [9.17, 15) is 14.7 Å². The molecule has 0 radical (unpaired) electrons. The fourth-order valence-corrected chi connectivity index (χ4v) is 3.88. The third kappa shape index (κ3) is 6.13. The molecule has 7 heteroatoms. The van der Waals surface area contributed by atoms with Gasteiger partial charge in [-0.15, -0.1) is 0 Å². The molecule has 3 rings (SSSR count). The zero-order valence-corrected chi connectivity index (χ0v) is 18.1. The summed E-state index contributed by atoms with van der Waals surface area (Å²) in [6.45, 7) is 1.80. The van der Waals surface area contributed by atoms with Gasteiger partial charge in [0.2, 0.25) is 0 Å². The second-order valence-corrected chi connectivity index (χ2v) is 7.82. The lowest BCUT2D eigenvalue weighted by molar-refractivity contribution is 0.0597. The molecule has 166 valence electrons. The summed E-state index contributed by atoms with van der Waals surface area (Å²) in [6.07, 6.45) is 4.04. The number of ether oxygens (including phenoxy) is 2. The number of aryl methyl sites for hydroxylation is 1. The van der Waals surface area contributed by atoms with Crippen molar-refractivity contribution in [3.63, 3.8) is 0 Å². The molecule has 7 nitrogen and oxygen atoms in total. The number of esters is 1. The highest BCUT2D eigenvalue weighted by Gasteiger charge is 2.22. The summed E-state index contributed by atoms with van der Waals surface area (Å²) in [6, 6.07) is 12.5. The standard InChI is InChI=1S/C24H30N2O5/c1-30-22-10-7-19(15-21(22)23(28)31-2)16-25-24(29)26-13-11-18(12-14-26)4-3-17-5-8-20(27)9-6-17/h5-10,15,18,27H,3-4,11-14,16H2,1-2H3,(H,25,29). The summed E-state index contributed by atoms with van der Waals surface area (Å²) in [4.78, 5) is 26.3. The van der Waals surface area contributed by atoms with Crippen LogP contribution < -0.4 is 10.1 Å². The Kier molecular flexibility index (Phi) is 7.76. The average molecular weight is 427 g/mol. The molecule has 1 saturated heterocycles. The number of urea groups is 1. The van der Waals surface area contributed by atoms with Crippen LogP contribution in [0, 0.1) is 5.92 Å². The number of hydrogen-bond donors (Lipinski definition) is 2. The predicted molar refractivity (Wildman–Crippen MR) is 117 cm³/mol. The van der Waals surface area contributed by atoms with Crippen LogP contribution in [0.3, 0.4) is 0 Å². The Balaban J connectivity index is 1.45. The second-order valence-electron chi connectivity index (χ2n) is 7.82. The molecule has 31 heavy (non-hydrogen) atoms. The Hall–Kier alpha value is -3.22. The molecule has 2 aromatic carbocycles. The minimum atomic E-state index is -0.473. The monoisotopic (exact) mass is 426 g/mol. The zero-order chi connectivity index (χ0) is 22.2. The maximum Gasteiger partial charge on any atom is 0.341 e. The molecule has 2 N–H and O–H groups in total. The van der Waals surface area contributed by atoms with Gasteiger partial charge in [0.25, 0.3) is 0 Å². The highest BCUT2D eigenvalue weighted by molar-refractivity contribution is 5.92. The molecule has 0 unspecified atom stereocenters. The number of piperidine rings is 1. The van der Waals surface area contributed by atoms with Crippen LogP contribution in [0.15, 0.2) is 42.5 Å². The molecule has 1 aliphatic heterocycles. The Morgan fingerprint density at radius 2 is 1.74 bits per heavy atom. The number of methoxy groups -OCH3 is 2. The van der Waals surface area contributed by atoms with Crippen LogP contribution in [0.1, 0.15) is 40.7 Å². The summed E-state index contributed by atoms with van der Waals surface area (Å²) < 4.78 is 9.99. The van der Waals surface area contributed by atoms with Gasteiger partial charge in [0.05, 0.1) is 14.2 Å². The molecule has 0 saturated carbocycles. The summed E-state index contributed by atoms with van der Waals surface area (Å²) in [5.41, 5.74) is 2.37. The molecular formula is C24H30N2O5. The van der Waals surface area contributed by atoms with Crippen molar-refractivity contribution < 1.29 is 24.2 Å². The summed E-state index contributed by atoms with van der Waals surface area (Å²) in [7, 11) is 2.82. The van der Waals surface area contributed by atoms with E-state index < -0.39 is 5.97 Å². The lowest BCUT2D eigenvalue weighted by atomic mass is 9.90. The first-order valence-corrected chi connectivity index (χ1v) is 10.6. The Labute approximate surface area is 183 Å². The summed E-state index contributed by atoms with van der Waals surface area (Å²) in [5.74, 6) is 0.858. The average Bonchev–Trinajstić information content (AvgIpc) is 2.81. The molecule has 0 spiro atoms. The van der Waals surface area contributed by atoms with Crippen molar-refractivity contribution in [2.45, 2.75) is 32.2 Å². The van der Waals surface area contributed by atoms with Crippen LogP contribution in [0.4, 0.5) is 4.79 Å². The van der Waals surface area contributed by atoms with Gasteiger partial charge in [0.15, 0.2) is 0 Å². The summed E-state index contributed by atoms with van der Waals surface area (Å²) >= 11 is 0. The number of aromatic hydroxyl groups is 1. The number of phenolic OH excluding ortho intramolecular Hbond substituents is 1. The van der Waals surface area contributed by atoms with Crippen LogP contribution in [0.25, 0.3) is 0 Å². The minimum Gasteiger partial charge on any atom is -0.508 e. The number of carbonyl (C=O) groups excluding carboxylic acids is 2. The second kappa shape index (κ2) is 10.7. The van der Waals surface area contributed by atoms with Crippen molar-refractivity contribution in [1.29, 1.82) is 0 Å². The van der Waals surface area contributed by atoms with Gasteiger partial charge in [-0.3, -0.25) is 0 Å². The highest BCUT2D eigenvalue weighted by Crippen LogP contribution is 2.24. The van der Waals surface area contributed by atoms with Crippen LogP contribution >= 0.6 is 0 Å². The fourth-order valence-electron chi connectivity index (χ4n) is 3.88. The molecule has 0 aliphatic carbocycles. The number of benzene rings is 2. The molecule has 2 aromatic rings. The molecule has 0 aromatic heterocycles. The minimum absolute atomic E-state index is 0.0904. The number of amides is 2. The Morgan fingerprint density at radius 1 is 1.06 bits per heavy atom. The quantitative estimate of drug-likeness (QED) is 0.659. The van der Waals surface area contributed by atoms with E-state index in [1.807, 2.05) is 23.1 Å². The lowest BCUT2D eigenvalue weighted by Gasteiger charge is -2.32. The maximum atomic E-state index is 12.6. The first-order chi connectivity index (χ1) is 15.0. The van der Waals surface area contributed by atoms with Crippen LogP contribution in [0.5, 0.6) is 11.5 Å². The van der Waals surface area contributed by atoms with Gasteiger partial charge in [-0.25, -0.2) is 9.59 Å². The van der Waals surface area contributed by atoms with E-state index in [1.165, 1.54) is 19.8 Å². The van der Waals surface area contributed by atoms with Gasteiger partial charge >= 0.3 is 12.0 Å². The SMILES string of the molecule is COC(=O)c1cc(CNC(=O)N2CCC(CCc3ccc(O)cc3)CC2)ccc1OC. The van der Waals surface area contributed by atoms with E-state index in [2.05, 4.69) is 5.32 Å². The van der Waals surface area contributed by atoms with E-state index in [0.29, 0.717) is 29.5 Å². The van der Waals surface area contributed by atoms with Crippen molar-refractivity contribution in [3.8, 4) is 11.5 Å². The normalized spacial score (nSPS) is 14.2. The topological polar surface area (TPSA) is 88.1 Å². The van der Waals surface area contributed by atoms with E-state index in [1.54, 1.807) is 24.3 Å². The largest absolute Gasteiger partial charge is 0.508 e. The number of phenols is 1. The van der Waals surface area contributed by atoms with E-state index in [0.717, 1.165) is 44.3 Å². The maximum absolute atomic E-state index is 12.6. The van der Waals surface area contributed by atoms with Crippen molar-refractivity contribution in [3.05, 3.63) is 59.2 Å². The number of rotatable bonds is 7. The van der Waals surface area contributed by atoms with Crippen molar-refractivity contribution in [1.82, 2.24) is 10.2 Å². The fraction of sp³-hybridized carbons (Fsp3) is 0.417. The first-order valence-electron chi connectivity index (χ1n) is 10.6. The molecule has 1 heterocycles. The van der Waals surface area contributed by atoms with Gasteiger partial charge in [-0.1, -0.05) is 18.2 Å². The number of nitrogens with one attached hydrogen (secondary N) is 1. The van der Waals surface area contributed by atoms with Gasteiger partial charge in [0.1, 0.15) is 17.1 Å². The van der Waals surface area contributed by atoms with Gasteiger partial charge < -0.3 is 24.8 Å². The summed E-state index contributed by atoms with van der Waals surface area (Å²) in [5, 5.41) is 12.3. The molecule has 1 aliphatic rings. The lowest BCUT2D eigenvalue weighted by Crippen LogP contribution is -2.44. The number of carbonyl (C=O) groups is 2. The first kappa shape index (κ1) is 22.5. The number of nitrogens with zero attached hydrogens (tertiary/aromatic N) is 1. The Bertz CT molecular complexity index is 889. The van der Waals surface area contributed by atoms with Gasteiger partial charge in [-0.2, -0.15) is 0 Å². The zero-order valence-electron chi connectivity index (χ0n) is 18.1. The van der Waals surface area contributed by atoms with Gasteiger partial charge in [-0.05, 0) is 67.0 Å². The number of likely N-dealkylation sites (tertiary alicyclic amines) is 1. The molecule has 1 fully saturated rings. The van der Waals surface area contributed by atoms with Crippen LogP contribution in [0.2, 0.25) is 0 Å². The van der Waals surface area contributed by atoms with Crippen molar-refractivity contribution in [2.75, 3.05) is 27.3 Å².